The molecular weight excluding hydrogens is 265 g/mol. The van der Waals surface area contributed by atoms with E-state index in [2.05, 4.69) is 26.1 Å². The van der Waals surface area contributed by atoms with Gasteiger partial charge in [-0.15, -0.1) is 0 Å². The summed E-state index contributed by atoms with van der Waals surface area (Å²) >= 11 is 0. The zero-order chi connectivity index (χ0) is 15.6. The molecule has 1 N–H and O–H groups in total. The van der Waals surface area contributed by atoms with Crippen LogP contribution < -0.4 is 5.32 Å². The number of hydrogen-bond donors (Lipinski definition) is 1. The lowest BCUT2D eigenvalue weighted by molar-refractivity contribution is -0.151. The normalized spacial score (nSPS) is 28.9. The maximum Gasteiger partial charge on any atom is 0.401 e. The topological polar surface area (TPSA) is 15.3 Å². The van der Waals surface area contributed by atoms with E-state index >= 15 is 0 Å². The molecule has 0 aromatic rings. The summed E-state index contributed by atoms with van der Waals surface area (Å²) in [5.74, 6) is 0.498. The highest BCUT2D eigenvalue weighted by Gasteiger charge is 2.40. The van der Waals surface area contributed by atoms with Crippen LogP contribution in [0.25, 0.3) is 0 Å². The van der Waals surface area contributed by atoms with E-state index in [0.717, 1.165) is 25.7 Å². The fourth-order valence-corrected chi connectivity index (χ4v) is 3.37. The van der Waals surface area contributed by atoms with Crippen molar-refractivity contribution in [1.29, 1.82) is 0 Å². The van der Waals surface area contributed by atoms with Crippen molar-refractivity contribution in [2.24, 2.45) is 11.3 Å². The lowest BCUT2D eigenvalue weighted by atomic mass is 9.67. The van der Waals surface area contributed by atoms with E-state index in [-0.39, 0.29) is 17.5 Å². The zero-order valence-corrected chi connectivity index (χ0v) is 13.3. The summed E-state index contributed by atoms with van der Waals surface area (Å²) in [6.45, 7) is 5.81. The van der Waals surface area contributed by atoms with Crippen molar-refractivity contribution in [3.63, 3.8) is 0 Å². The Morgan fingerprint density at radius 2 is 1.80 bits per heavy atom. The molecule has 0 amide bonds. The van der Waals surface area contributed by atoms with Gasteiger partial charge < -0.3 is 5.32 Å². The number of nitrogens with one attached hydrogen (secondary N) is 1. The molecule has 0 radical (unpaired) electrons. The first-order valence-electron chi connectivity index (χ1n) is 7.55. The number of nitrogens with zero attached hydrogens (tertiary/aromatic N) is 1. The largest absolute Gasteiger partial charge is 0.401 e. The summed E-state index contributed by atoms with van der Waals surface area (Å²) in [5.41, 5.74) is 0.204. The molecule has 0 aromatic carbocycles. The molecule has 5 heteroatoms. The fourth-order valence-electron chi connectivity index (χ4n) is 3.37. The van der Waals surface area contributed by atoms with Crippen molar-refractivity contribution in [2.75, 3.05) is 20.6 Å². The van der Waals surface area contributed by atoms with Crippen molar-refractivity contribution < 1.29 is 13.2 Å². The van der Waals surface area contributed by atoms with Crippen LogP contribution in [0.3, 0.4) is 0 Å². The number of likely N-dealkylation sites (N-methyl/N-ethyl adjacent to an activating group) is 2. The van der Waals surface area contributed by atoms with Crippen LogP contribution in [0, 0.1) is 11.3 Å². The van der Waals surface area contributed by atoms with Crippen LogP contribution in [0.2, 0.25) is 0 Å². The smallest absolute Gasteiger partial charge is 0.315 e. The lowest BCUT2D eigenvalue weighted by Crippen LogP contribution is -2.54. The zero-order valence-electron chi connectivity index (χ0n) is 13.3. The van der Waals surface area contributed by atoms with Gasteiger partial charge in [-0.05, 0) is 44.7 Å². The monoisotopic (exact) mass is 294 g/mol. The summed E-state index contributed by atoms with van der Waals surface area (Å²) in [5, 5.41) is 3.20. The third-order valence-electron chi connectivity index (χ3n) is 5.20. The Hall–Kier alpha value is -0.290. The second-order valence-corrected chi connectivity index (χ2v) is 6.84. The van der Waals surface area contributed by atoms with E-state index in [9.17, 15) is 13.2 Å². The van der Waals surface area contributed by atoms with E-state index in [1.165, 1.54) is 4.90 Å². The van der Waals surface area contributed by atoms with Crippen molar-refractivity contribution >= 4 is 0 Å². The maximum absolute atomic E-state index is 12.6. The molecule has 20 heavy (non-hydrogen) atoms. The Balaban J connectivity index is 2.78. The van der Waals surface area contributed by atoms with Crippen LogP contribution in [0.1, 0.15) is 46.5 Å². The Morgan fingerprint density at radius 1 is 1.20 bits per heavy atom. The Bertz CT molecular complexity index is 302. The van der Waals surface area contributed by atoms with Gasteiger partial charge in [0.25, 0.3) is 0 Å². The molecule has 3 unspecified atom stereocenters. The minimum absolute atomic E-state index is 0.0359. The fraction of sp³-hybridized carbons (Fsp3) is 1.00. The number of alkyl halides is 3. The van der Waals surface area contributed by atoms with Gasteiger partial charge >= 0.3 is 6.18 Å². The summed E-state index contributed by atoms with van der Waals surface area (Å²) < 4.78 is 37.9. The summed E-state index contributed by atoms with van der Waals surface area (Å²) in [7, 11) is 3.45. The second kappa shape index (κ2) is 6.65. The molecule has 0 bridgehead atoms. The van der Waals surface area contributed by atoms with Crippen LogP contribution in [0.15, 0.2) is 0 Å². The molecule has 120 valence electrons. The van der Waals surface area contributed by atoms with Crippen LogP contribution in [-0.4, -0.2) is 43.8 Å². The minimum Gasteiger partial charge on any atom is -0.315 e. The van der Waals surface area contributed by atoms with Gasteiger partial charge in [-0.3, -0.25) is 4.90 Å². The van der Waals surface area contributed by atoms with Gasteiger partial charge in [-0.25, -0.2) is 0 Å². The van der Waals surface area contributed by atoms with Crippen LogP contribution in [-0.2, 0) is 0 Å². The first kappa shape index (κ1) is 17.8. The molecule has 0 spiro atoms. The summed E-state index contributed by atoms with van der Waals surface area (Å²) in [6, 6.07) is 0.123. The maximum atomic E-state index is 12.6. The molecule has 1 saturated carbocycles. The average molecular weight is 294 g/mol. The molecule has 1 rings (SSSR count). The first-order chi connectivity index (χ1) is 9.10. The first-order valence-corrected chi connectivity index (χ1v) is 7.55. The van der Waals surface area contributed by atoms with E-state index < -0.39 is 12.7 Å². The van der Waals surface area contributed by atoms with Crippen molar-refractivity contribution in [3.05, 3.63) is 0 Å². The Kier molecular flexibility index (Phi) is 5.90. The molecule has 1 fully saturated rings. The standard InChI is InChI=1S/C15H29F3N2/c1-6-14(2,3)11-7-8-12(19-4)13(9-11)20(5)10-15(16,17)18/h11-13,19H,6-10H2,1-5H3. The van der Waals surface area contributed by atoms with Crippen LogP contribution in [0.4, 0.5) is 13.2 Å². The Labute approximate surface area is 121 Å². The van der Waals surface area contributed by atoms with Gasteiger partial charge in [0.15, 0.2) is 0 Å². The van der Waals surface area contributed by atoms with Crippen LogP contribution >= 0.6 is 0 Å². The number of rotatable bonds is 5. The highest BCUT2D eigenvalue weighted by Crippen LogP contribution is 2.41. The summed E-state index contributed by atoms with van der Waals surface area (Å²) in [4.78, 5) is 1.49. The minimum atomic E-state index is -4.12. The van der Waals surface area contributed by atoms with E-state index in [0.29, 0.717) is 5.92 Å². The van der Waals surface area contributed by atoms with Gasteiger partial charge in [-0.1, -0.05) is 27.2 Å². The third-order valence-corrected chi connectivity index (χ3v) is 5.20. The predicted molar refractivity (Wildman–Crippen MR) is 76.7 cm³/mol. The molecule has 1 aliphatic carbocycles. The number of halogens is 3. The summed E-state index contributed by atoms with van der Waals surface area (Å²) in [6.07, 6.45) is -0.156. The van der Waals surface area contributed by atoms with E-state index in [4.69, 9.17) is 0 Å². The van der Waals surface area contributed by atoms with E-state index in [1.807, 2.05) is 7.05 Å². The highest BCUT2D eigenvalue weighted by atomic mass is 19.4. The van der Waals surface area contributed by atoms with Gasteiger partial charge in [0, 0.05) is 12.1 Å². The predicted octanol–water partition coefficient (Wildman–Crippen LogP) is 3.67. The van der Waals surface area contributed by atoms with Crippen molar-refractivity contribution in [3.8, 4) is 0 Å². The average Bonchev–Trinajstić information content (AvgIpc) is 2.35. The van der Waals surface area contributed by atoms with Crippen molar-refractivity contribution in [2.45, 2.75) is 64.7 Å². The number of hydrogen-bond acceptors (Lipinski definition) is 2. The molecular formula is C15H29F3N2. The van der Waals surface area contributed by atoms with Crippen molar-refractivity contribution in [1.82, 2.24) is 10.2 Å². The van der Waals surface area contributed by atoms with Gasteiger partial charge in [0.1, 0.15) is 0 Å². The van der Waals surface area contributed by atoms with E-state index in [1.54, 1.807) is 7.05 Å². The highest BCUT2D eigenvalue weighted by molar-refractivity contribution is 4.94. The SMILES string of the molecule is CCC(C)(C)C1CCC(NC)C(N(C)CC(F)(F)F)C1. The molecule has 0 aromatic heterocycles. The van der Waals surface area contributed by atoms with Crippen LogP contribution in [0.5, 0.6) is 0 Å². The van der Waals surface area contributed by atoms with Gasteiger partial charge in [0.05, 0.1) is 6.54 Å². The quantitative estimate of drug-likeness (QED) is 0.832. The molecule has 0 aliphatic heterocycles. The van der Waals surface area contributed by atoms with Gasteiger partial charge in [-0.2, -0.15) is 13.2 Å². The molecule has 3 atom stereocenters. The third kappa shape index (κ3) is 4.62. The Morgan fingerprint density at radius 3 is 2.25 bits per heavy atom. The molecule has 2 nitrogen and oxygen atoms in total. The van der Waals surface area contributed by atoms with Gasteiger partial charge in [0.2, 0.25) is 0 Å². The molecule has 0 heterocycles. The lowest BCUT2D eigenvalue weighted by Gasteiger charge is -2.46. The molecule has 0 saturated heterocycles. The molecule has 1 aliphatic rings. The second-order valence-electron chi connectivity index (χ2n) is 6.84.